The SMILES string of the molecule is NC/N=C(\C=C(/c1ccccc1)c1cc(N2c3ccccc3C3C=CC=CC32)cc(-n2c3c(c4ccccc42)CCC=C3)c1)c1cccc(-c2ccccc2)c1. The van der Waals surface area contributed by atoms with Crippen LogP contribution >= 0.6 is 0 Å². The zero-order valence-electron chi connectivity index (χ0n) is 31.2. The standard InChI is InChI=1S/C52H42N4/c53-35-54-48(39-21-15-20-38(30-39)36-16-3-1-4-17-36)34-47(37-18-5-2-6-19-37)40-31-41(55-49-26-11-7-22-43(49)44-23-8-12-27-50(44)55)33-42(32-40)56-51-28-13-9-24-45(51)46-25-10-14-29-52(46)56/h1-9,11-24,26-34,43,49H,10,25,35,53H2/b47-34+,54-48+. The molecule has 0 fully saturated rings. The largest absolute Gasteiger partial charge is 0.333 e. The van der Waals surface area contributed by atoms with Gasteiger partial charge >= 0.3 is 0 Å². The molecule has 6 aromatic carbocycles. The van der Waals surface area contributed by atoms with Gasteiger partial charge in [-0.2, -0.15) is 0 Å². The number of aryl methyl sites for hydroxylation is 1. The molecule has 2 unspecified atom stereocenters. The van der Waals surface area contributed by atoms with E-state index in [1.54, 1.807) is 0 Å². The van der Waals surface area contributed by atoms with Crippen molar-refractivity contribution >= 4 is 39.6 Å². The maximum Gasteiger partial charge on any atom is 0.0866 e. The van der Waals surface area contributed by atoms with Gasteiger partial charge in [0, 0.05) is 39.6 Å². The zero-order chi connectivity index (χ0) is 37.4. The van der Waals surface area contributed by atoms with E-state index in [1.807, 2.05) is 0 Å². The molecule has 0 saturated heterocycles. The molecule has 1 aromatic heterocycles. The molecule has 0 bridgehead atoms. The first-order valence-electron chi connectivity index (χ1n) is 19.6. The van der Waals surface area contributed by atoms with Crippen LogP contribution in [0.15, 0.2) is 193 Å². The second kappa shape index (κ2) is 14.5. The monoisotopic (exact) mass is 722 g/mol. The maximum atomic E-state index is 6.24. The van der Waals surface area contributed by atoms with E-state index in [9.17, 15) is 0 Å². The number of anilines is 2. The minimum absolute atomic E-state index is 0.162. The van der Waals surface area contributed by atoms with Crippen molar-refractivity contribution in [2.75, 3.05) is 11.6 Å². The maximum absolute atomic E-state index is 6.24. The number of fused-ring (bicyclic) bond motifs is 6. The number of nitrogens with zero attached hydrogens (tertiary/aromatic N) is 3. The Hall–Kier alpha value is -6.75. The van der Waals surface area contributed by atoms with E-state index >= 15 is 0 Å². The lowest BCUT2D eigenvalue weighted by molar-refractivity contribution is 0.744. The van der Waals surface area contributed by atoms with Crippen molar-refractivity contribution in [3.8, 4) is 16.8 Å². The number of para-hydroxylation sites is 2. The Labute approximate surface area is 328 Å². The third-order valence-electron chi connectivity index (χ3n) is 11.5. The minimum Gasteiger partial charge on any atom is -0.333 e. The third-order valence-corrected chi connectivity index (χ3v) is 11.5. The van der Waals surface area contributed by atoms with Gasteiger partial charge < -0.3 is 15.2 Å². The Balaban J connectivity index is 1.23. The number of hydrogen-bond acceptors (Lipinski definition) is 3. The molecule has 0 saturated carbocycles. The lowest BCUT2D eigenvalue weighted by Crippen LogP contribution is -2.28. The lowest BCUT2D eigenvalue weighted by atomic mass is 9.91. The summed E-state index contributed by atoms with van der Waals surface area (Å²) in [6.07, 6.45) is 18.0. The van der Waals surface area contributed by atoms with Crippen LogP contribution in [0, 0.1) is 0 Å². The highest BCUT2D eigenvalue weighted by atomic mass is 15.2. The molecule has 2 atom stereocenters. The molecule has 1 aliphatic heterocycles. The molecule has 270 valence electrons. The highest BCUT2D eigenvalue weighted by molar-refractivity contribution is 6.14. The van der Waals surface area contributed by atoms with Gasteiger partial charge in [0.05, 0.1) is 23.9 Å². The van der Waals surface area contributed by atoms with E-state index < -0.39 is 0 Å². The number of benzene rings is 6. The van der Waals surface area contributed by atoms with Crippen molar-refractivity contribution in [3.05, 3.63) is 222 Å². The van der Waals surface area contributed by atoms with Crippen LogP contribution in [0.5, 0.6) is 0 Å². The van der Waals surface area contributed by atoms with Gasteiger partial charge in [0.15, 0.2) is 0 Å². The van der Waals surface area contributed by atoms with Gasteiger partial charge in [-0.1, -0.05) is 146 Å². The van der Waals surface area contributed by atoms with Crippen molar-refractivity contribution in [3.63, 3.8) is 0 Å². The summed E-state index contributed by atoms with van der Waals surface area (Å²) in [5.41, 5.74) is 22.5. The molecule has 2 heterocycles. The van der Waals surface area contributed by atoms with Gasteiger partial charge in [-0.05, 0) is 100 Å². The first-order valence-corrected chi connectivity index (χ1v) is 19.6. The van der Waals surface area contributed by atoms with E-state index in [2.05, 4.69) is 204 Å². The molecule has 10 rings (SSSR count). The fourth-order valence-corrected chi connectivity index (χ4v) is 8.97. The molecule has 7 aromatic rings. The van der Waals surface area contributed by atoms with E-state index in [4.69, 9.17) is 10.7 Å². The molecular formula is C52H42N4. The van der Waals surface area contributed by atoms with Crippen molar-refractivity contribution < 1.29 is 0 Å². The Bertz CT molecular complexity index is 2750. The van der Waals surface area contributed by atoms with E-state index in [-0.39, 0.29) is 18.6 Å². The number of aromatic nitrogens is 1. The Morgan fingerprint density at radius 3 is 2.29 bits per heavy atom. The molecular weight excluding hydrogens is 681 g/mol. The molecule has 0 spiro atoms. The van der Waals surface area contributed by atoms with Crippen LogP contribution in [0.25, 0.3) is 39.4 Å². The van der Waals surface area contributed by atoms with E-state index in [0.29, 0.717) is 0 Å². The van der Waals surface area contributed by atoms with Crippen molar-refractivity contribution in [2.24, 2.45) is 10.7 Å². The van der Waals surface area contributed by atoms with Gasteiger partial charge in [0.25, 0.3) is 0 Å². The van der Waals surface area contributed by atoms with Gasteiger partial charge in [-0.15, -0.1) is 0 Å². The molecule has 2 aliphatic carbocycles. The summed E-state index contributed by atoms with van der Waals surface area (Å²) >= 11 is 0. The van der Waals surface area contributed by atoms with Crippen molar-refractivity contribution in [1.29, 1.82) is 0 Å². The molecule has 4 nitrogen and oxygen atoms in total. The summed E-state index contributed by atoms with van der Waals surface area (Å²) in [4.78, 5) is 7.49. The Kier molecular flexibility index (Phi) is 8.74. The highest BCUT2D eigenvalue weighted by Gasteiger charge is 2.37. The lowest BCUT2D eigenvalue weighted by Gasteiger charge is -2.30. The fourth-order valence-electron chi connectivity index (χ4n) is 8.97. The predicted molar refractivity (Wildman–Crippen MR) is 235 cm³/mol. The smallest absolute Gasteiger partial charge is 0.0866 e. The van der Waals surface area contributed by atoms with Crippen LogP contribution in [0.2, 0.25) is 0 Å². The van der Waals surface area contributed by atoms with Crippen LogP contribution < -0.4 is 10.6 Å². The highest BCUT2D eigenvalue weighted by Crippen LogP contribution is 2.49. The summed E-state index contributed by atoms with van der Waals surface area (Å²) in [7, 11) is 0. The molecule has 2 N–H and O–H groups in total. The van der Waals surface area contributed by atoms with Gasteiger partial charge in [0.1, 0.15) is 0 Å². The number of hydrogen-bond donors (Lipinski definition) is 1. The van der Waals surface area contributed by atoms with Crippen LogP contribution in [0.1, 0.15) is 45.8 Å². The number of nitrogens with two attached hydrogens (primary N) is 1. The number of aliphatic imine (C=N–C) groups is 1. The Morgan fingerprint density at radius 2 is 1.41 bits per heavy atom. The van der Waals surface area contributed by atoms with Gasteiger partial charge in [0.2, 0.25) is 0 Å². The quantitative estimate of drug-likeness (QED) is 0.159. The zero-order valence-corrected chi connectivity index (χ0v) is 31.2. The second-order valence-electron chi connectivity index (χ2n) is 14.7. The number of allylic oxidation sites excluding steroid dienone is 4. The Morgan fingerprint density at radius 1 is 0.679 bits per heavy atom. The van der Waals surface area contributed by atoms with E-state index in [1.165, 1.54) is 33.4 Å². The van der Waals surface area contributed by atoms with Crippen LogP contribution in [-0.4, -0.2) is 23.0 Å². The molecule has 0 radical (unpaired) electrons. The summed E-state index contributed by atoms with van der Waals surface area (Å²) < 4.78 is 2.48. The average molecular weight is 723 g/mol. The summed E-state index contributed by atoms with van der Waals surface area (Å²) in [5.74, 6) is 0.274. The third kappa shape index (κ3) is 5.96. The molecule has 4 heteroatoms. The first kappa shape index (κ1) is 33.8. The predicted octanol–water partition coefficient (Wildman–Crippen LogP) is 11.8. The van der Waals surface area contributed by atoms with Gasteiger partial charge in [-0.3, -0.25) is 4.99 Å². The number of rotatable bonds is 8. The fraction of sp³-hybridized carbons (Fsp3) is 0.0962. The second-order valence-corrected chi connectivity index (χ2v) is 14.7. The van der Waals surface area contributed by atoms with E-state index in [0.717, 1.165) is 63.3 Å². The van der Waals surface area contributed by atoms with Crippen molar-refractivity contribution in [2.45, 2.75) is 24.8 Å². The first-order chi connectivity index (χ1) is 27.7. The minimum atomic E-state index is 0.162. The summed E-state index contributed by atoms with van der Waals surface area (Å²) in [5, 5.41) is 1.32. The summed E-state index contributed by atoms with van der Waals surface area (Å²) in [6.45, 7) is 0.177. The topological polar surface area (TPSA) is 46.5 Å². The molecule has 3 aliphatic rings. The summed E-state index contributed by atoms with van der Waals surface area (Å²) in [6, 6.07) is 54.9. The van der Waals surface area contributed by atoms with Crippen LogP contribution in [0.4, 0.5) is 11.4 Å². The van der Waals surface area contributed by atoms with Crippen LogP contribution in [0.3, 0.4) is 0 Å². The molecule has 56 heavy (non-hydrogen) atoms. The van der Waals surface area contributed by atoms with Crippen molar-refractivity contribution in [1.82, 2.24) is 4.57 Å². The van der Waals surface area contributed by atoms with Crippen LogP contribution in [-0.2, 0) is 6.42 Å². The van der Waals surface area contributed by atoms with Gasteiger partial charge in [-0.25, -0.2) is 0 Å². The average Bonchev–Trinajstić information content (AvgIpc) is 3.79. The normalized spacial score (nSPS) is 17.3. The molecule has 0 amide bonds.